The molecule has 5 heteroatoms. The van der Waals surface area contributed by atoms with Crippen molar-refractivity contribution in [3.8, 4) is 0 Å². The number of primary amides is 1. The van der Waals surface area contributed by atoms with E-state index in [0.717, 1.165) is 19.4 Å². The second-order valence-electron chi connectivity index (χ2n) is 3.66. The topological polar surface area (TPSA) is 77.2 Å². The Morgan fingerprint density at radius 2 is 2.35 bits per heavy atom. The second kappa shape index (κ2) is 7.62. The molecule has 0 bridgehead atoms. The molecule has 0 aliphatic heterocycles. The maximum Gasteiger partial charge on any atom is 0.252 e. The summed E-state index contributed by atoms with van der Waals surface area (Å²) in [6, 6.07) is 3.33. The van der Waals surface area contributed by atoms with Crippen LogP contribution in [0.3, 0.4) is 0 Å². The fourth-order valence-electron chi connectivity index (χ4n) is 1.34. The van der Waals surface area contributed by atoms with Gasteiger partial charge in [0.1, 0.15) is 5.82 Å². The van der Waals surface area contributed by atoms with Gasteiger partial charge in [0.15, 0.2) is 0 Å². The number of hydrogen-bond acceptors (Lipinski definition) is 4. The molecule has 1 heterocycles. The lowest BCUT2D eigenvalue weighted by molar-refractivity contribution is 0.100. The van der Waals surface area contributed by atoms with E-state index in [9.17, 15) is 4.79 Å². The number of hydrogen-bond donors (Lipinski definition) is 2. The van der Waals surface area contributed by atoms with E-state index >= 15 is 0 Å². The normalized spacial score (nSPS) is 10.2. The highest BCUT2D eigenvalue weighted by atomic mass is 16.5. The molecule has 1 aromatic heterocycles. The molecule has 17 heavy (non-hydrogen) atoms. The second-order valence-corrected chi connectivity index (χ2v) is 3.66. The Kier molecular flexibility index (Phi) is 6.03. The summed E-state index contributed by atoms with van der Waals surface area (Å²) in [6.07, 6.45) is 3.81. The van der Waals surface area contributed by atoms with Gasteiger partial charge in [-0.2, -0.15) is 0 Å². The first-order valence-electron chi connectivity index (χ1n) is 5.82. The van der Waals surface area contributed by atoms with E-state index < -0.39 is 5.91 Å². The molecular formula is C12H19N3O2. The van der Waals surface area contributed by atoms with Crippen LogP contribution in [0.2, 0.25) is 0 Å². The molecule has 94 valence electrons. The van der Waals surface area contributed by atoms with Gasteiger partial charge in [0.2, 0.25) is 0 Å². The molecule has 1 amide bonds. The quantitative estimate of drug-likeness (QED) is 0.670. The van der Waals surface area contributed by atoms with Crippen LogP contribution in [-0.4, -0.2) is 30.6 Å². The standard InChI is InChI=1S/C12H19N3O2/c1-2-3-8-17-9-7-15-12-10(11(13)16)5-4-6-14-12/h4-6H,2-3,7-9H2,1H3,(H2,13,16)(H,14,15). The molecular weight excluding hydrogens is 218 g/mol. The molecule has 0 saturated heterocycles. The van der Waals surface area contributed by atoms with E-state index in [0.29, 0.717) is 24.5 Å². The first-order valence-corrected chi connectivity index (χ1v) is 5.82. The van der Waals surface area contributed by atoms with Gasteiger partial charge >= 0.3 is 0 Å². The third-order valence-electron chi connectivity index (χ3n) is 2.25. The van der Waals surface area contributed by atoms with Gasteiger partial charge in [0, 0.05) is 19.3 Å². The van der Waals surface area contributed by atoms with Crippen LogP contribution in [0.15, 0.2) is 18.3 Å². The fraction of sp³-hybridized carbons (Fsp3) is 0.500. The van der Waals surface area contributed by atoms with Crippen LogP contribution >= 0.6 is 0 Å². The summed E-state index contributed by atoms with van der Waals surface area (Å²) in [7, 11) is 0. The minimum absolute atomic E-state index is 0.404. The van der Waals surface area contributed by atoms with E-state index in [1.807, 2.05) is 0 Å². The number of ether oxygens (including phenoxy) is 1. The molecule has 3 N–H and O–H groups in total. The SMILES string of the molecule is CCCCOCCNc1ncccc1C(N)=O. The molecule has 1 rings (SSSR count). The fourth-order valence-corrected chi connectivity index (χ4v) is 1.34. The van der Waals surface area contributed by atoms with Crippen molar-refractivity contribution in [2.75, 3.05) is 25.1 Å². The van der Waals surface area contributed by atoms with Gasteiger partial charge in [-0.05, 0) is 18.6 Å². The lowest BCUT2D eigenvalue weighted by atomic mass is 10.2. The van der Waals surface area contributed by atoms with Gasteiger partial charge in [-0.15, -0.1) is 0 Å². The highest BCUT2D eigenvalue weighted by molar-refractivity contribution is 5.97. The van der Waals surface area contributed by atoms with Crippen molar-refractivity contribution in [3.05, 3.63) is 23.9 Å². The molecule has 0 spiro atoms. The zero-order chi connectivity index (χ0) is 12.5. The number of nitrogens with one attached hydrogen (secondary N) is 1. The van der Waals surface area contributed by atoms with Gasteiger partial charge in [-0.1, -0.05) is 13.3 Å². The Morgan fingerprint density at radius 1 is 1.53 bits per heavy atom. The molecule has 5 nitrogen and oxygen atoms in total. The summed E-state index contributed by atoms with van der Waals surface area (Å²) in [6.45, 7) is 4.09. The van der Waals surface area contributed by atoms with E-state index in [2.05, 4.69) is 17.2 Å². The number of carbonyl (C=O) groups excluding carboxylic acids is 1. The Morgan fingerprint density at radius 3 is 3.06 bits per heavy atom. The average Bonchev–Trinajstić information content (AvgIpc) is 2.34. The number of anilines is 1. The zero-order valence-electron chi connectivity index (χ0n) is 10.1. The monoisotopic (exact) mass is 237 g/mol. The van der Waals surface area contributed by atoms with Gasteiger partial charge in [-0.25, -0.2) is 4.98 Å². The summed E-state index contributed by atoms with van der Waals surface area (Å²) in [5, 5.41) is 3.03. The van der Waals surface area contributed by atoms with Crippen LogP contribution in [0.1, 0.15) is 30.1 Å². The van der Waals surface area contributed by atoms with Crippen molar-refractivity contribution in [2.45, 2.75) is 19.8 Å². The van der Waals surface area contributed by atoms with Crippen molar-refractivity contribution in [1.29, 1.82) is 0 Å². The van der Waals surface area contributed by atoms with Crippen molar-refractivity contribution in [2.24, 2.45) is 5.73 Å². The molecule has 0 aliphatic rings. The zero-order valence-corrected chi connectivity index (χ0v) is 10.1. The van der Waals surface area contributed by atoms with E-state index in [-0.39, 0.29) is 0 Å². The average molecular weight is 237 g/mol. The maximum absolute atomic E-state index is 11.1. The molecule has 0 fully saturated rings. The van der Waals surface area contributed by atoms with Gasteiger partial charge in [0.25, 0.3) is 5.91 Å². The maximum atomic E-state index is 11.1. The number of aromatic nitrogens is 1. The summed E-state index contributed by atoms with van der Waals surface area (Å²) < 4.78 is 5.39. The summed E-state index contributed by atoms with van der Waals surface area (Å²) in [4.78, 5) is 15.2. The third-order valence-corrected chi connectivity index (χ3v) is 2.25. The number of pyridine rings is 1. The lowest BCUT2D eigenvalue weighted by Crippen LogP contribution is -2.17. The predicted molar refractivity (Wildman–Crippen MR) is 67.0 cm³/mol. The van der Waals surface area contributed by atoms with Crippen LogP contribution in [-0.2, 0) is 4.74 Å². The van der Waals surface area contributed by atoms with Crippen molar-refractivity contribution in [1.82, 2.24) is 4.98 Å². The Bertz CT molecular complexity index is 355. The molecule has 0 unspecified atom stereocenters. The first-order chi connectivity index (χ1) is 8.25. The Balaban J connectivity index is 2.34. The highest BCUT2D eigenvalue weighted by Gasteiger charge is 2.07. The summed E-state index contributed by atoms with van der Waals surface area (Å²) >= 11 is 0. The van der Waals surface area contributed by atoms with E-state index in [1.54, 1.807) is 18.3 Å². The van der Waals surface area contributed by atoms with Crippen molar-refractivity contribution >= 4 is 11.7 Å². The van der Waals surface area contributed by atoms with Crippen LogP contribution in [0.25, 0.3) is 0 Å². The largest absolute Gasteiger partial charge is 0.380 e. The van der Waals surface area contributed by atoms with Crippen LogP contribution < -0.4 is 11.1 Å². The predicted octanol–water partition coefficient (Wildman–Crippen LogP) is 1.41. The molecule has 0 aromatic carbocycles. The minimum atomic E-state index is -0.479. The van der Waals surface area contributed by atoms with Crippen LogP contribution in [0.4, 0.5) is 5.82 Å². The number of unbranched alkanes of at least 4 members (excludes halogenated alkanes) is 1. The Labute approximate surface area is 101 Å². The highest BCUT2D eigenvalue weighted by Crippen LogP contribution is 2.09. The van der Waals surface area contributed by atoms with Gasteiger partial charge < -0.3 is 15.8 Å². The molecule has 0 radical (unpaired) electrons. The van der Waals surface area contributed by atoms with Gasteiger partial charge in [0.05, 0.1) is 12.2 Å². The van der Waals surface area contributed by atoms with Gasteiger partial charge in [-0.3, -0.25) is 4.79 Å². The number of rotatable bonds is 8. The lowest BCUT2D eigenvalue weighted by Gasteiger charge is -2.08. The van der Waals surface area contributed by atoms with Crippen LogP contribution in [0, 0.1) is 0 Å². The Hall–Kier alpha value is -1.62. The number of amides is 1. The van der Waals surface area contributed by atoms with E-state index in [1.165, 1.54) is 0 Å². The molecule has 1 aromatic rings. The smallest absolute Gasteiger partial charge is 0.252 e. The summed E-state index contributed by atoms with van der Waals surface area (Å²) in [5.41, 5.74) is 5.64. The molecule has 0 saturated carbocycles. The number of nitrogens with zero attached hydrogens (tertiary/aromatic N) is 1. The van der Waals surface area contributed by atoms with E-state index in [4.69, 9.17) is 10.5 Å². The molecule has 0 aliphatic carbocycles. The minimum Gasteiger partial charge on any atom is -0.380 e. The number of nitrogens with two attached hydrogens (primary N) is 1. The van der Waals surface area contributed by atoms with Crippen LogP contribution in [0.5, 0.6) is 0 Å². The number of carbonyl (C=O) groups is 1. The van der Waals surface area contributed by atoms with Crippen molar-refractivity contribution in [3.63, 3.8) is 0 Å². The van der Waals surface area contributed by atoms with Crippen molar-refractivity contribution < 1.29 is 9.53 Å². The first kappa shape index (κ1) is 13.4. The third kappa shape index (κ3) is 4.82. The summed E-state index contributed by atoms with van der Waals surface area (Å²) in [5.74, 6) is 0.0339. The molecule has 0 atom stereocenters.